The van der Waals surface area contributed by atoms with Gasteiger partial charge in [0.15, 0.2) is 5.13 Å². The van der Waals surface area contributed by atoms with E-state index in [1.165, 1.54) is 40.5 Å². The number of Topliss-reactive ketones (excluding diaryl/α,β-unsaturated/α-hetero) is 1. The molecular weight excluding hydrogens is 451 g/mol. The van der Waals surface area contributed by atoms with Crippen molar-refractivity contribution in [3.63, 3.8) is 0 Å². The molecule has 0 bridgehead atoms. The largest absolute Gasteiger partial charge is 0.507 e. The number of halogens is 1. The first-order chi connectivity index (χ1) is 16.4. The number of aliphatic hydroxyl groups excluding tert-OH is 1. The van der Waals surface area contributed by atoms with E-state index >= 15 is 0 Å². The normalized spacial score (nSPS) is 17.6. The Kier molecular flexibility index (Phi) is 5.49. The number of aliphatic hydroxyl groups is 1. The fourth-order valence-electron chi connectivity index (χ4n) is 4.14. The van der Waals surface area contributed by atoms with Crippen LogP contribution in [-0.2, 0) is 16.0 Å². The Hall–Kier alpha value is -3.84. The summed E-state index contributed by atoms with van der Waals surface area (Å²) in [5.41, 5.74) is 3.73. The standard InChI is InChI=1S/C27H21FN2O3S/c1-3-16-6-13-20-21(14-16)34-27(29-20)30-23(17-9-11-19(28)12-10-17)22(25(32)26(30)33)24(31)18-7-4-15(2)5-8-18/h4-14,23,31H,3H2,1-2H3/b24-22+/t23-/m0/s1. The van der Waals surface area contributed by atoms with Gasteiger partial charge in [0.1, 0.15) is 11.6 Å². The van der Waals surface area contributed by atoms with Crippen molar-refractivity contribution >= 4 is 44.1 Å². The second-order valence-corrected chi connectivity index (χ2v) is 9.25. The number of thiazole rings is 1. The molecular formula is C27H21FN2O3S. The van der Waals surface area contributed by atoms with Gasteiger partial charge in [-0.25, -0.2) is 9.37 Å². The third-order valence-electron chi connectivity index (χ3n) is 6.01. The summed E-state index contributed by atoms with van der Waals surface area (Å²) in [6, 6.07) is 17.6. The van der Waals surface area contributed by atoms with E-state index in [2.05, 4.69) is 11.9 Å². The van der Waals surface area contributed by atoms with Crippen molar-refractivity contribution in [2.24, 2.45) is 0 Å². The van der Waals surface area contributed by atoms with E-state index in [9.17, 15) is 19.1 Å². The molecule has 34 heavy (non-hydrogen) atoms. The number of aromatic nitrogens is 1. The van der Waals surface area contributed by atoms with Crippen LogP contribution < -0.4 is 4.90 Å². The summed E-state index contributed by atoms with van der Waals surface area (Å²) in [5, 5.41) is 11.5. The van der Waals surface area contributed by atoms with Crippen LogP contribution in [0.2, 0.25) is 0 Å². The van der Waals surface area contributed by atoms with Crippen LogP contribution in [0.5, 0.6) is 0 Å². The van der Waals surface area contributed by atoms with E-state index in [4.69, 9.17) is 0 Å². The predicted molar refractivity (Wildman–Crippen MR) is 131 cm³/mol. The Balaban J connectivity index is 1.71. The van der Waals surface area contributed by atoms with Gasteiger partial charge in [0.2, 0.25) is 0 Å². The molecule has 7 heteroatoms. The molecule has 0 aliphatic carbocycles. The number of ketones is 1. The number of hydrogen-bond donors (Lipinski definition) is 1. The Morgan fingerprint density at radius 2 is 1.76 bits per heavy atom. The van der Waals surface area contributed by atoms with Gasteiger partial charge in [0.05, 0.1) is 21.8 Å². The number of carbonyl (C=O) groups is 2. The third kappa shape index (κ3) is 3.68. The highest BCUT2D eigenvalue weighted by Crippen LogP contribution is 2.44. The van der Waals surface area contributed by atoms with Gasteiger partial charge in [-0.1, -0.05) is 66.3 Å². The molecule has 1 aromatic heterocycles. The number of nitrogens with zero attached hydrogens (tertiary/aromatic N) is 2. The number of rotatable bonds is 4. The van der Waals surface area contributed by atoms with E-state index in [1.807, 2.05) is 37.3 Å². The van der Waals surface area contributed by atoms with Crippen molar-refractivity contribution in [1.82, 2.24) is 4.98 Å². The fourth-order valence-corrected chi connectivity index (χ4v) is 5.19. The molecule has 0 radical (unpaired) electrons. The van der Waals surface area contributed by atoms with E-state index in [-0.39, 0.29) is 11.3 Å². The van der Waals surface area contributed by atoms with Crippen LogP contribution in [0.1, 0.15) is 35.2 Å². The zero-order chi connectivity index (χ0) is 24.0. The van der Waals surface area contributed by atoms with Gasteiger partial charge < -0.3 is 5.11 Å². The van der Waals surface area contributed by atoms with Gasteiger partial charge in [0, 0.05) is 5.56 Å². The maximum Gasteiger partial charge on any atom is 0.301 e. The number of fused-ring (bicyclic) bond motifs is 1. The topological polar surface area (TPSA) is 70.5 Å². The predicted octanol–water partition coefficient (Wildman–Crippen LogP) is 5.93. The minimum atomic E-state index is -0.937. The summed E-state index contributed by atoms with van der Waals surface area (Å²) in [6.07, 6.45) is 0.861. The van der Waals surface area contributed by atoms with Crippen molar-refractivity contribution in [3.05, 3.63) is 100 Å². The summed E-state index contributed by atoms with van der Waals surface area (Å²) in [7, 11) is 0. The monoisotopic (exact) mass is 472 g/mol. The second-order valence-electron chi connectivity index (χ2n) is 8.24. The summed E-state index contributed by atoms with van der Waals surface area (Å²) < 4.78 is 14.6. The first-order valence-corrected chi connectivity index (χ1v) is 11.7. The maximum absolute atomic E-state index is 13.7. The minimum Gasteiger partial charge on any atom is -0.507 e. The molecule has 1 N–H and O–H groups in total. The molecule has 1 atom stereocenters. The Morgan fingerprint density at radius 3 is 2.44 bits per heavy atom. The quantitative estimate of drug-likeness (QED) is 0.227. The molecule has 5 rings (SSSR count). The van der Waals surface area contributed by atoms with E-state index in [0.717, 1.165) is 27.8 Å². The van der Waals surface area contributed by atoms with Gasteiger partial charge in [0.25, 0.3) is 5.78 Å². The molecule has 4 aromatic rings. The van der Waals surface area contributed by atoms with Crippen molar-refractivity contribution < 1.29 is 19.1 Å². The Bertz CT molecular complexity index is 1460. The first kappa shape index (κ1) is 22.0. The zero-order valence-electron chi connectivity index (χ0n) is 18.6. The Labute approximate surface area is 199 Å². The average Bonchev–Trinajstić information content (AvgIpc) is 3.37. The molecule has 0 unspecified atom stereocenters. The van der Waals surface area contributed by atoms with Crippen LogP contribution in [-0.4, -0.2) is 21.8 Å². The van der Waals surface area contributed by atoms with E-state index in [1.54, 1.807) is 12.1 Å². The molecule has 0 saturated carbocycles. The smallest absolute Gasteiger partial charge is 0.301 e. The molecule has 0 spiro atoms. The van der Waals surface area contributed by atoms with Crippen LogP contribution in [0.25, 0.3) is 16.0 Å². The van der Waals surface area contributed by atoms with Crippen LogP contribution in [0, 0.1) is 12.7 Å². The minimum absolute atomic E-state index is 0.0473. The lowest BCUT2D eigenvalue weighted by atomic mass is 9.95. The molecule has 1 fully saturated rings. The molecule has 3 aromatic carbocycles. The zero-order valence-corrected chi connectivity index (χ0v) is 19.4. The Morgan fingerprint density at radius 1 is 1.06 bits per heavy atom. The highest BCUT2D eigenvalue weighted by atomic mass is 32.1. The lowest BCUT2D eigenvalue weighted by molar-refractivity contribution is -0.132. The lowest BCUT2D eigenvalue weighted by Crippen LogP contribution is -2.29. The molecule has 1 aliphatic heterocycles. The summed E-state index contributed by atoms with van der Waals surface area (Å²) in [5.74, 6) is -2.30. The van der Waals surface area contributed by atoms with Gasteiger partial charge in [-0.05, 0) is 48.7 Å². The molecule has 5 nitrogen and oxygen atoms in total. The van der Waals surface area contributed by atoms with Gasteiger partial charge >= 0.3 is 5.91 Å². The van der Waals surface area contributed by atoms with Crippen LogP contribution >= 0.6 is 11.3 Å². The molecule has 2 heterocycles. The first-order valence-electron chi connectivity index (χ1n) is 10.9. The summed E-state index contributed by atoms with van der Waals surface area (Å²) in [4.78, 5) is 32.4. The van der Waals surface area contributed by atoms with Crippen LogP contribution in [0.3, 0.4) is 0 Å². The number of hydrogen-bond acceptors (Lipinski definition) is 5. The van der Waals surface area contributed by atoms with Crippen molar-refractivity contribution in [1.29, 1.82) is 0 Å². The number of benzene rings is 3. The summed E-state index contributed by atoms with van der Waals surface area (Å²) in [6.45, 7) is 3.97. The third-order valence-corrected chi connectivity index (χ3v) is 7.03. The SMILES string of the molecule is CCc1ccc2nc(N3C(=O)C(=O)/C(=C(/O)c4ccc(C)cc4)[C@@H]3c3ccc(F)cc3)sc2c1. The highest BCUT2D eigenvalue weighted by Gasteiger charge is 2.48. The van der Waals surface area contributed by atoms with Crippen LogP contribution in [0.15, 0.2) is 72.3 Å². The second kappa shape index (κ2) is 8.50. The van der Waals surface area contributed by atoms with Crippen molar-refractivity contribution in [3.8, 4) is 0 Å². The highest BCUT2D eigenvalue weighted by molar-refractivity contribution is 7.22. The molecule has 1 amide bonds. The number of amides is 1. The summed E-state index contributed by atoms with van der Waals surface area (Å²) >= 11 is 1.31. The van der Waals surface area contributed by atoms with Gasteiger partial charge in [-0.3, -0.25) is 14.5 Å². The van der Waals surface area contributed by atoms with Gasteiger partial charge in [-0.15, -0.1) is 0 Å². The molecule has 1 aliphatic rings. The fraction of sp³-hybridized carbons (Fsp3) is 0.148. The average molecular weight is 473 g/mol. The number of carbonyl (C=O) groups excluding carboxylic acids is 2. The number of aryl methyl sites for hydroxylation is 2. The van der Waals surface area contributed by atoms with Crippen LogP contribution in [0.4, 0.5) is 9.52 Å². The van der Waals surface area contributed by atoms with Gasteiger partial charge in [-0.2, -0.15) is 0 Å². The maximum atomic E-state index is 13.7. The van der Waals surface area contributed by atoms with Crippen molar-refractivity contribution in [2.75, 3.05) is 4.90 Å². The number of anilines is 1. The lowest BCUT2D eigenvalue weighted by Gasteiger charge is -2.23. The van der Waals surface area contributed by atoms with E-state index < -0.39 is 23.5 Å². The molecule has 1 saturated heterocycles. The van der Waals surface area contributed by atoms with Crippen molar-refractivity contribution in [2.45, 2.75) is 26.3 Å². The van der Waals surface area contributed by atoms with E-state index in [0.29, 0.717) is 16.3 Å². The molecule has 170 valence electrons.